The van der Waals surface area contributed by atoms with Gasteiger partial charge in [0, 0.05) is 13.0 Å². The Kier molecular flexibility index (Phi) is 4.20. The molecule has 1 aromatic carbocycles. The van der Waals surface area contributed by atoms with Crippen LogP contribution in [0.15, 0.2) is 24.3 Å². The smallest absolute Gasteiger partial charge is 0.0991 e. The van der Waals surface area contributed by atoms with E-state index in [4.69, 9.17) is 10.5 Å². The highest BCUT2D eigenvalue weighted by Crippen LogP contribution is 2.34. The second-order valence-corrected chi connectivity index (χ2v) is 5.73. The summed E-state index contributed by atoms with van der Waals surface area (Å²) in [5.74, 6) is 0. The number of piperidine rings is 1. The number of nitrogens with zero attached hydrogens (tertiary/aromatic N) is 3. The normalized spacial score (nSPS) is 18.5. The van der Waals surface area contributed by atoms with Crippen LogP contribution in [0.4, 0.5) is 0 Å². The lowest BCUT2D eigenvalue weighted by atomic mass is 9.78. The molecule has 98 valence electrons. The van der Waals surface area contributed by atoms with Crippen LogP contribution in [0.5, 0.6) is 0 Å². The number of hydrogen-bond acceptors (Lipinski definition) is 3. The second-order valence-electron chi connectivity index (χ2n) is 5.73. The molecule has 1 heterocycles. The molecule has 2 rings (SSSR count). The third-order valence-corrected chi connectivity index (χ3v) is 4.06. The van der Waals surface area contributed by atoms with E-state index in [0.717, 1.165) is 32.5 Å². The fourth-order valence-corrected chi connectivity index (χ4v) is 2.56. The molecule has 0 N–H and O–H groups in total. The van der Waals surface area contributed by atoms with Gasteiger partial charge in [0.1, 0.15) is 0 Å². The van der Waals surface area contributed by atoms with Crippen LogP contribution in [0, 0.1) is 28.1 Å². The third kappa shape index (κ3) is 3.56. The molecule has 0 aliphatic carbocycles. The van der Waals surface area contributed by atoms with Crippen molar-refractivity contribution in [3.05, 3.63) is 35.4 Å². The van der Waals surface area contributed by atoms with Gasteiger partial charge in [0.2, 0.25) is 0 Å². The molecule has 3 nitrogen and oxygen atoms in total. The Bertz CT molecular complexity index is 496. The van der Waals surface area contributed by atoms with Crippen molar-refractivity contribution >= 4 is 0 Å². The molecular weight excluding hydrogens is 234 g/mol. The van der Waals surface area contributed by atoms with Gasteiger partial charge in [0.05, 0.1) is 17.7 Å². The van der Waals surface area contributed by atoms with Crippen LogP contribution in [0.3, 0.4) is 0 Å². The standard InChI is InChI=1S/C16H19N3/c1-16(6-9-17)7-10-19(11-8-16)13-15-4-2-14(12-18)3-5-15/h2-5H,6-8,10-11,13H2,1H3. The predicted molar refractivity (Wildman–Crippen MR) is 74.0 cm³/mol. The number of hydrogen-bond donors (Lipinski definition) is 0. The summed E-state index contributed by atoms with van der Waals surface area (Å²) in [6.07, 6.45) is 2.85. The lowest BCUT2D eigenvalue weighted by molar-refractivity contribution is 0.116. The molecule has 1 saturated heterocycles. The van der Waals surface area contributed by atoms with Gasteiger partial charge in [-0.1, -0.05) is 19.1 Å². The SMILES string of the molecule is CC1(CC#N)CCN(Cc2ccc(C#N)cc2)CC1. The van der Waals surface area contributed by atoms with E-state index in [1.165, 1.54) is 5.56 Å². The Morgan fingerprint density at radius 2 is 1.79 bits per heavy atom. The first-order chi connectivity index (χ1) is 9.15. The van der Waals surface area contributed by atoms with Gasteiger partial charge in [-0.05, 0) is 49.0 Å². The van der Waals surface area contributed by atoms with E-state index < -0.39 is 0 Å². The molecule has 0 aromatic heterocycles. The summed E-state index contributed by atoms with van der Waals surface area (Å²) in [6.45, 7) is 5.26. The highest BCUT2D eigenvalue weighted by molar-refractivity contribution is 5.31. The third-order valence-electron chi connectivity index (χ3n) is 4.06. The van der Waals surface area contributed by atoms with Crippen molar-refractivity contribution in [3.8, 4) is 12.1 Å². The molecule has 0 bridgehead atoms. The molecule has 0 unspecified atom stereocenters. The molecular formula is C16H19N3. The molecule has 0 spiro atoms. The van der Waals surface area contributed by atoms with E-state index in [0.29, 0.717) is 12.0 Å². The summed E-state index contributed by atoms with van der Waals surface area (Å²) < 4.78 is 0. The Morgan fingerprint density at radius 3 is 2.32 bits per heavy atom. The van der Waals surface area contributed by atoms with Gasteiger partial charge in [-0.3, -0.25) is 4.90 Å². The van der Waals surface area contributed by atoms with Crippen molar-refractivity contribution in [2.24, 2.45) is 5.41 Å². The topological polar surface area (TPSA) is 50.8 Å². The molecule has 1 aliphatic heterocycles. The molecule has 3 heteroatoms. The highest BCUT2D eigenvalue weighted by atomic mass is 15.1. The molecule has 1 fully saturated rings. The predicted octanol–water partition coefficient (Wildman–Crippen LogP) is 3.07. The maximum atomic E-state index is 8.84. The van der Waals surface area contributed by atoms with Crippen LogP contribution in [0.2, 0.25) is 0 Å². The summed E-state index contributed by atoms with van der Waals surface area (Å²) >= 11 is 0. The van der Waals surface area contributed by atoms with Crippen LogP contribution >= 0.6 is 0 Å². The lowest BCUT2D eigenvalue weighted by Crippen LogP contribution is -2.38. The van der Waals surface area contributed by atoms with E-state index in [2.05, 4.69) is 24.0 Å². The maximum absolute atomic E-state index is 8.84. The van der Waals surface area contributed by atoms with Crippen LogP contribution < -0.4 is 0 Å². The summed E-state index contributed by atoms with van der Waals surface area (Å²) in [5, 5.41) is 17.6. The molecule has 0 saturated carbocycles. The zero-order valence-corrected chi connectivity index (χ0v) is 11.4. The van der Waals surface area contributed by atoms with Crippen LogP contribution in [-0.4, -0.2) is 18.0 Å². The Balaban J connectivity index is 1.89. The van der Waals surface area contributed by atoms with Crippen molar-refractivity contribution in [1.82, 2.24) is 4.90 Å². The van der Waals surface area contributed by atoms with Crippen molar-refractivity contribution in [2.75, 3.05) is 13.1 Å². The molecule has 0 amide bonds. The second kappa shape index (κ2) is 5.87. The van der Waals surface area contributed by atoms with Crippen molar-refractivity contribution in [2.45, 2.75) is 32.7 Å². The Labute approximate surface area is 115 Å². The van der Waals surface area contributed by atoms with E-state index in [1.807, 2.05) is 24.3 Å². The quantitative estimate of drug-likeness (QED) is 0.831. The minimum Gasteiger partial charge on any atom is -0.299 e. The van der Waals surface area contributed by atoms with Crippen molar-refractivity contribution in [3.63, 3.8) is 0 Å². The van der Waals surface area contributed by atoms with Gasteiger partial charge in [-0.25, -0.2) is 0 Å². The average molecular weight is 253 g/mol. The van der Waals surface area contributed by atoms with Gasteiger partial charge < -0.3 is 0 Å². The molecule has 1 aliphatic rings. The van der Waals surface area contributed by atoms with Crippen molar-refractivity contribution < 1.29 is 0 Å². The van der Waals surface area contributed by atoms with Crippen LogP contribution in [-0.2, 0) is 6.54 Å². The Hall–Kier alpha value is -1.84. The van der Waals surface area contributed by atoms with Crippen molar-refractivity contribution in [1.29, 1.82) is 10.5 Å². The monoisotopic (exact) mass is 253 g/mol. The minimum absolute atomic E-state index is 0.204. The number of nitriles is 2. The summed E-state index contributed by atoms with van der Waals surface area (Å²) in [4.78, 5) is 2.43. The van der Waals surface area contributed by atoms with E-state index in [9.17, 15) is 0 Å². The first-order valence-corrected chi connectivity index (χ1v) is 6.74. The number of likely N-dealkylation sites (tertiary alicyclic amines) is 1. The Morgan fingerprint density at radius 1 is 1.16 bits per heavy atom. The fourth-order valence-electron chi connectivity index (χ4n) is 2.56. The van der Waals surface area contributed by atoms with E-state index in [-0.39, 0.29) is 5.41 Å². The van der Waals surface area contributed by atoms with Gasteiger partial charge in [-0.15, -0.1) is 0 Å². The lowest BCUT2D eigenvalue weighted by Gasteiger charge is -2.38. The number of rotatable bonds is 3. The van der Waals surface area contributed by atoms with E-state index >= 15 is 0 Å². The van der Waals surface area contributed by atoms with Gasteiger partial charge >= 0.3 is 0 Å². The van der Waals surface area contributed by atoms with Gasteiger partial charge in [0.15, 0.2) is 0 Å². The fraction of sp³-hybridized carbons (Fsp3) is 0.500. The zero-order chi connectivity index (χ0) is 13.7. The highest BCUT2D eigenvalue weighted by Gasteiger charge is 2.29. The minimum atomic E-state index is 0.204. The van der Waals surface area contributed by atoms with Gasteiger partial charge in [0.25, 0.3) is 0 Å². The first-order valence-electron chi connectivity index (χ1n) is 6.74. The average Bonchev–Trinajstić information content (AvgIpc) is 2.43. The molecule has 0 atom stereocenters. The largest absolute Gasteiger partial charge is 0.299 e. The van der Waals surface area contributed by atoms with Crippen LogP contribution in [0.1, 0.15) is 37.3 Å². The number of benzene rings is 1. The molecule has 0 radical (unpaired) electrons. The van der Waals surface area contributed by atoms with E-state index in [1.54, 1.807) is 0 Å². The first kappa shape index (κ1) is 13.6. The summed E-state index contributed by atoms with van der Waals surface area (Å²) in [6, 6.07) is 12.3. The summed E-state index contributed by atoms with van der Waals surface area (Å²) in [7, 11) is 0. The van der Waals surface area contributed by atoms with Crippen LogP contribution in [0.25, 0.3) is 0 Å². The molecule has 1 aromatic rings. The molecule has 19 heavy (non-hydrogen) atoms. The summed E-state index contributed by atoms with van der Waals surface area (Å²) in [5.41, 5.74) is 2.17. The zero-order valence-electron chi connectivity index (χ0n) is 11.4. The van der Waals surface area contributed by atoms with Gasteiger partial charge in [-0.2, -0.15) is 10.5 Å². The maximum Gasteiger partial charge on any atom is 0.0991 e.